The number of halogens is 1. The number of aliphatic imine (C=N–C) groups is 1. The summed E-state index contributed by atoms with van der Waals surface area (Å²) in [7, 11) is 1.73. The topological polar surface area (TPSA) is 84.6 Å². The van der Waals surface area contributed by atoms with Crippen LogP contribution < -0.4 is 15.4 Å². The third kappa shape index (κ3) is 6.33. The number of ether oxygens (including phenoxy) is 1. The van der Waals surface area contributed by atoms with E-state index in [9.17, 15) is 0 Å². The minimum Gasteiger partial charge on any atom is -0.488 e. The highest BCUT2D eigenvalue weighted by molar-refractivity contribution is 9.10. The molecule has 142 valence electrons. The standard InChI is InChI=1S/C18H26BrN5O2/c1-12(2)17-23-16(26-24-17)9-10-21-18(20-4)22-11-13(3)25-15-8-6-5-7-14(15)19/h5-8,12-13H,9-11H2,1-4H3,(H2,20,21,22). The number of nitrogens with zero attached hydrogens (tertiary/aromatic N) is 3. The fraction of sp³-hybridized carbons (Fsp3) is 0.500. The molecule has 0 radical (unpaired) electrons. The van der Waals surface area contributed by atoms with E-state index in [1.807, 2.05) is 45.0 Å². The highest BCUT2D eigenvalue weighted by Gasteiger charge is 2.10. The molecule has 2 N–H and O–H groups in total. The Labute approximate surface area is 162 Å². The molecule has 0 fully saturated rings. The van der Waals surface area contributed by atoms with E-state index in [2.05, 4.69) is 41.7 Å². The van der Waals surface area contributed by atoms with E-state index in [0.29, 0.717) is 31.4 Å². The Morgan fingerprint density at radius 2 is 2.04 bits per heavy atom. The van der Waals surface area contributed by atoms with Crippen molar-refractivity contribution in [2.45, 2.75) is 39.2 Å². The quantitative estimate of drug-likeness (QED) is 0.501. The highest BCUT2D eigenvalue weighted by Crippen LogP contribution is 2.24. The largest absolute Gasteiger partial charge is 0.488 e. The first-order chi connectivity index (χ1) is 12.5. The molecule has 0 aliphatic heterocycles. The molecule has 1 aromatic heterocycles. The van der Waals surface area contributed by atoms with Gasteiger partial charge in [0.2, 0.25) is 5.89 Å². The average molecular weight is 424 g/mol. The first-order valence-corrected chi connectivity index (χ1v) is 9.47. The monoisotopic (exact) mass is 423 g/mol. The third-order valence-corrected chi connectivity index (χ3v) is 4.23. The zero-order chi connectivity index (χ0) is 18.9. The van der Waals surface area contributed by atoms with Crippen LogP contribution in [-0.4, -0.2) is 42.3 Å². The van der Waals surface area contributed by atoms with E-state index >= 15 is 0 Å². The van der Waals surface area contributed by atoms with Gasteiger partial charge in [0.25, 0.3) is 0 Å². The Kier molecular flexibility index (Phi) is 7.90. The second-order valence-corrected chi connectivity index (χ2v) is 7.04. The van der Waals surface area contributed by atoms with Crippen LogP contribution in [0.2, 0.25) is 0 Å². The lowest BCUT2D eigenvalue weighted by molar-refractivity contribution is 0.222. The number of nitrogens with one attached hydrogen (secondary N) is 2. The fourth-order valence-electron chi connectivity index (χ4n) is 2.15. The Balaban J connectivity index is 1.72. The summed E-state index contributed by atoms with van der Waals surface area (Å²) >= 11 is 3.48. The molecule has 8 heteroatoms. The van der Waals surface area contributed by atoms with E-state index in [1.165, 1.54) is 0 Å². The van der Waals surface area contributed by atoms with Crippen molar-refractivity contribution in [2.24, 2.45) is 4.99 Å². The van der Waals surface area contributed by atoms with E-state index in [1.54, 1.807) is 7.05 Å². The summed E-state index contributed by atoms with van der Waals surface area (Å²) in [5, 5.41) is 10.4. The molecule has 1 heterocycles. The molecule has 0 saturated heterocycles. The van der Waals surface area contributed by atoms with Crippen LogP contribution in [0.4, 0.5) is 0 Å². The zero-order valence-corrected chi connectivity index (χ0v) is 17.2. The van der Waals surface area contributed by atoms with Crippen molar-refractivity contribution in [3.8, 4) is 5.75 Å². The molecular weight excluding hydrogens is 398 g/mol. The number of benzene rings is 1. The summed E-state index contributed by atoms with van der Waals surface area (Å²) in [5.41, 5.74) is 0. The van der Waals surface area contributed by atoms with Crippen LogP contribution in [0, 0.1) is 0 Å². The number of aromatic nitrogens is 2. The summed E-state index contributed by atoms with van der Waals surface area (Å²) in [6, 6.07) is 7.80. The van der Waals surface area contributed by atoms with Gasteiger partial charge in [-0.05, 0) is 35.0 Å². The number of para-hydroxylation sites is 1. The van der Waals surface area contributed by atoms with Crippen LogP contribution in [-0.2, 0) is 6.42 Å². The van der Waals surface area contributed by atoms with Crippen molar-refractivity contribution in [1.29, 1.82) is 0 Å². The Hall–Kier alpha value is -2.09. The fourth-order valence-corrected chi connectivity index (χ4v) is 2.53. The normalized spacial score (nSPS) is 12.9. The third-order valence-electron chi connectivity index (χ3n) is 3.58. The Morgan fingerprint density at radius 3 is 2.69 bits per heavy atom. The van der Waals surface area contributed by atoms with Crippen LogP contribution in [0.25, 0.3) is 0 Å². The van der Waals surface area contributed by atoms with Crippen molar-refractivity contribution in [3.05, 3.63) is 40.5 Å². The van der Waals surface area contributed by atoms with Gasteiger partial charge in [-0.2, -0.15) is 4.98 Å². The maximum atomic E-state index is 5.91. The first-order valence-electron chi connectivity index (χ1n) is 8.67. The Bertz CT molecular complexity index is 717. The van der Waals surface area contributed by atoms with Crippen molar-refractivity contribution in [1.82, 2.24) is 20.8 Å². The summed E-state index contributed by atoms with van der Waals surface area (Å²) in [6.07, 6.45) is 0.625. The number of hydrogen-bond donors (Lipinski definition) is 2. The van der Waals surface area contributed by atoms with Gasteiger partial charge in [0.1, 0.15) is 11.9 Å². The van der Waals surface area contributed by atoms with Crippen molar-refractivity contribution < 1.29 is 9.26 Å². The lowest BCUT2D eigenvalue weighted by atomic mass is 10.2. The molecule has 0 saturated carbocycles. The molecule has 0 spiro atoms. The van der Waals surface area contributed by atoms with Crippen molar-refractivity contribution in [3.63, 3.8) is 0 Å². The number of rotatable bonds is 8. The van der Waals surface area contributed by atoms with E-state index in [0.717, 1.165) is 16.0 Å². The average Bonchev–Trinajstić information content (AvgIpc) is 3.09. The van der Waals surface area contributed by atoms with Crippen LogP contribution in [0.1, 0.15) is 38.4 Å². The lowest BCUT2D eigenvalue weighted by Gasteiger charge is -2.18. The predicted octanol–water partition coefficient (Wildman–Crippen LogP) is 3.13. The first kappa shape index (κ1) is 20.2. The van der Waals surface area contributed by atoms with Crippen LogP contribution in [0.3, 0.4) is 0 Å². The molecule has 0 bridgehead atoms. The SMILES string of the molecule is CN=C(NCCc1nc(C(C)C)no1)NCC(C)Oc1ccccc1Br. The molecule has 0 aliphatic rings. The van der Waals surface area contributed by atoms with Gasteiger partial charge in [0.05, 0.1) is 11.0 Å². The summed E-state index contributed by atoms with van der Waals surface area (Å²) in [5.74, 6) is 3.15. The molecule has 1 aromatic carbocycles. The summed E-state index contributed by atoms with van der Waals surface area (Å²) in [6.45, 7) is 7.36. The molecule has 7 nitrogen and oxygen atoms in total. The van der Waals surface area contributed by atoms with Gasteiger partial charge in [-0.15, -0.1) is 0 Å². The maximum Gasteiger partial charge on any atom is 0.228 e. The Morgan fingerprint density at radius 1 is 1.27 bits per heavy atom. The molecule has 2 aromatic rings. The van der Waals surface area contributed by atoms with Gasteiger partial charge in [0.15, 0.2) is 11.8 Å². The van der Waals surface area contributed by atoms with E-state index in [-0.39, 0.29) is 12.0 Å². The molecule has 1 unspecified atom stereocenters. The summed E-state index contributed by atoms with van der Waals surface area (Å²) < 4.78 is 12.1. The molecule has 26 heavy (non-hydrogen) atoms. The van der Waals surface area contributed by atoms with Gasteiger partial charge in [-0.25, -0.2) is 0 Å². The second kappa shape index (κ2) is 10.2. The van der Waals surface area contributed by atoms with Gasteiger partial charge in [-0.1, -0.05) is 31.1 Å². The number of hydrogen-bond acceptors (Lipinski definition) is 5. The molecule has 2 rings (SSSR count). The molecule has 0 amide bonds. The smallest absolute Gasteiger partial charge is 0.228 e. The highest BCUT2D eigenvalue weighted by atomic mass is 79.9. The van der Waals surface area contributed by atoms with Gasteiger partial charge >= 0.3 is 0 Å². The molecule has 0 aliphatic carbocycles. The van der Waals surface area contributed by atoms with Crippen LogP contribution >= 0.6 is 15.9 Å². The van der Waals surface area contributed by atoms with E-state index < -0.39 is 0 Å². The van der Waals surface area contributed by atoms with Crippen LogP contribution in [0.15, 0.2) is 38.3 Å². The van der Waals surface area contributed by atoms with Crippen LogP contribution in [0.5, 0.6) is 5.75 Å². The van der Waals surface area contributed by atoms with Crippen molar-refractivity contribution in [2.75, 3.05) is 20.1 Å². The minimum absolute atomic E-state index is 0.0169. The summed E-state index contributed by atoms with van der Waals surface area (Å²) in [4.78, 5) is 8.57. The van der Waals surface area contributed by atoms with Crippen molar-refractivity contribution >= 4 is 21.9 Å². The second-order valence-electron chi connectivity index (χ2n) is 6.19. The zero-order valence-electron chi connectivity index (χ0n) is 15.6. The van der Waals surface area contributed by atoms with E-state index in [4.69, 9.17) is 9.26 Å². The van der Waals surface area contributed by atoms with Gasteiger partial charge in [0, 0.05) is 25.9 Å². The molecule has 1 atom stereocenters. The van der Waals surface area contributed by atoms with Gasteiger partial charge in [-0.3, -0.25) is 4.99 Å². The lowest BCUT2D eigenvalue weighted by Crippen LogP contribution is -2.42. The maximum absolute atomic E-state index is 5.91. The molecular formula is C18H26BrN5O2. The van der Waals surface area contributed by atoms with Gasteiger partial charge < -0.3 is 19.9 Å². The predicted molar refractivity (Wildman–Crippen MR) is 106 cm³/mol. The minimum atomic E-state index is -0.0169. The number of guanidine groups is 1.